The molecule has 0 spiro atoms. The summed E-state index contributed by atoms with van der Waals surface area (Å²) in [5, 5.41) is 9.61. The first-order chi connectivity index (χ1) is 9.60. The molecular weight excluding hydrogens is 256 g/mol. The zero-order valence-electron chi connectivity index (χ0n) is 12.5. The molecule has 0 aliphatic heterocycles. The van der Waals surface area contributed by atoms with Gasteiger partial charge in [-0.05, 0) is 30.5 Å². The van der Waals surface area contributed by atoms with E-state index in [0.717, 1.165) is 12.0 Å². The van der Waals surface area contributed by atoms with Gasteiger partial charge in [0.2, 0.25) is 0 Å². The number of rotatable bonds is 9. The molecule has 1 aromatic carbocycles. The summed E-state index contributed by atoms with van der Waals surface area (Å²) < 4.78 is 10.4. The molecule has 1 rings (SSSR count). The molecule has 4 nitrogen and oxygen atoms in total. The average molecular weight is 280 g/mol. The van der Waals surface area contributed by atoms with Crippen molar-refractivity contribution < 1.29 is 19.4 Å². The third kappa shape index (κ3) is 5.21. The van der Waals surface area contributed by atoms with Gasteiger partial charge in [-0.15, -0.1) is 0 Å². The topological polar surface area (TPSA) is 55.8 Å². The maximum atomic E-state index is 11.8. The third-order valence-electron chi connectivity index (χ3n) is 3.23. The van der Waals surface area contributed by atoms with Crippen LogP contribution in [0.2, 0.25) is 0 Å². The highest BCUT2D eigenvalue weighted by Crippen LogP contribution is 2.28. The van der Waals surface area contributed by atoms with Crippen molar-refractivity contribution in [2.45, 2.75) is 45.1 Å². The van der Waals surface area contributed by atoms with Crippen molar-refractivity contribution in [2.24, 2.45) is 0 Å². The van der Waals surface area contributed by atoms with Gasteiger partial charge in [-0.25, -0.2) is 0 Å². The van der Waals surface area contributed by atoms with Gasteiger partial charge in [-0.2, -0.15) is 0 Å². The molecule has 0 aliphatic carbocycles. The lowest BCUT2D eigenvalue weighted by molar-refractivity contribution is -0.121. The SMILES string of the molecule is CCC[C@H](O)CC(=O)CCc1ccc(OC)c(OC)c1. The molecule has 112 valence electrons. The lowest BCUT2D eigenvalue weighted by atomic mass is 10.0. The number of carbonyl (C=O) groups is 1. The maximum Gasteiger partial charge on any atom is 0.160 e. The Morgan fingerprint density at radius 1 is 1.25 bits per heavy atom. The summed E-state index contributed by atoms with van der Waals surface area (Å²) in [6.45, 7) is 2.00. The van der Waals surface area contributed by atoms with Crippen LogP contribution in [0.15, 0.2) is 18.2 Å². The van der Waals surface area contributed by atoms with E-state index in [-0.39, 0.29) is 12.2 Å². The molecule has 0 amide bonds. The van der Waals surface area contributed by atoms with Gasteiger partial charge in [-0.3, -0.25) is 4.79 Å². The molecule has 20 heavy (non-hydrogen) atoms. The Labute approximate surface area is 120 Å². The number of carbonyl (C=O) groups excluding carboxylic acids is 1. The summed E-state index contributed by atoms with van der Waals surface area (Å²) in [6.07, 6.45) is 2.42. The highest BCUT2D eigenvalue weighted by molar-refractivity contribution is 5.79. The minimum absolute atomic E-state index is 0.0979. The molecule has 0 bridgehead atoms. The van der Waals surface area contributed by atoms with E-state index in [1.54, 1.807) is 14.2 Å². The van der Waals surface area contributed by atoms with Crippen molar-refractivity contribution in [1.82, 2.24) is 0 Å². The zero-order valence-corrected chi connectivity index (χ0v) is 12.5. The number of benzene rings is 1. The second-order valence-electron chi connectivity index (χ2n) is 4.87. The van der Waals surface area contributed by atoms with Crippen LogP contribution >= 0.6 is 0 Å². The van der Waals surface area contributed by atoms with Gasteiger partial charge >= 0.3 is 0 Å². The van der Waals surface area contributed by atoms with Crippen LogP contribution in [-0.4, -0.2) is 31.2 Å². The minimum atomic E-state index is -0.502. The number of hydrogen-bond acceptors (Lipinski definition) is 4. The predicted octanol–water partition coefficient (Wildman–Crippen LogP) is 2.76. The maximum absolute atomic E-state index is 11.8. The number of aryl methyl sites for hydroxylation is 1. The molecule has 0 saturated carbocycles. The van der Waals surface area contributed by atoms with E-state index in [1.165, 1.54) is 0 Å². The largest absolute Gasteiger partial charge is 0.493 e. The van der Waals surface area contributed by atoms with Gasteiger partial charge in [0.1, 0.15) is 5.78 Å². The summed E-state index contributed by atoms with van der Waals surface area (Å²) in [5.41, 5.74) is 1.03. The fraction of sp³-hybridized carbons (Fsp3) is 0.562. The van der Waals surface area contributed by atoms with E-state index in [9.17, 15) is 9.90 Å². The van der Waals surface area contributed by atoms with E-state index in [4.69, 9.17) is 9.47 Å². The van der Waals surface area contributed by atoms with Crippen molar-refractivity contribution >= 4 is 5.78 Å². The Bertz CT molecular complexity index is 428. The van der Waals surface area contributed by atoms with Crippen LogP contribution in [-0.2, 0) is 11.2 Å². The standard InChI is InChI=1S/C16H24O4/c1-4-5-13(17)11-14(18)8-6-12-7-9-15(19-2)16(10-12)20-3/h7,9-10,13,17H,4-6,8,11H2,1-3H3/t13-/m0/s1. The Balaban J connectivity index is 2.51. The Morgan fingerprint density at radius 2 is 1.95 bits per heavy atom. The fourth-order valence-electron chi connectivity index (χ4n) is 2.12. The molecule has 0 aliphatic rings. The first-order valence-corrected chi connectivity index (χ1v) is 7.01. The molecule has 0 fully saturated rings. The van der Waals surface area contributed by atoms with Crippen LogP contribution < -0.4 is 9.47 Å². The monoisotopic (exact) mass is 280 g/mol. The second-order valence-corrected chi connectivity index (χ2v) is 4.87. The number of methoxy groups -OCH3 is 2. The quantitative estimate of drug-likeness (QED) is 0.755. The molecule has 4 heteroatoms. The summed E-state index contributed by atoms with van der Waals surface area (Å²) in [6, 6.07) is 5.65. The summed E-state index contributed by atoms with van der Waals surface area (Å²) >= 11 is 0. The van der Waals surface area contributed by atoms with Gasteiger partial charge in [0.05, 0.1) is 20.3 Å². The van der Waals surface area contributed by atoms with Gasteiger partial charge in [0.15, 0.2) is 11.5 Å². The number of hydrogen-bond donors (Lipinski definition) is 1. The van der Waals surface area contributed by atoms with Gasteiger partial charge in [0.25, 0.3) is 0 Å². The van der Waals surface area contributed by atoms with Crippen molar-refractivity contribution in [3.63, 3.8) is 0 Å². The number of ether oxygens (including phenoxy) is 2. The highest BCUT2D eigenvalue weighted by atomic mass is 16.5. The third-order valence-corrected chi connectivity index (χ3v) is 3.23. The molecule has 0 heterocycles. The van der Waals surface area contributed by atoms with Crippen LogP contribution in [0.25, 0.3) is 0 Å². The zero-order chi connectivity index (χ0) is 15.0. The second kappa shape index (κ2) is 8.59. The molecule has 1 aromatic rings. The first kappa shape index (κ1) is 16.5. The molecule has 0 aromatic heterocycles. The smallest absolute Gasteiger partial charge is 0.160 e. The van der Waals surface area contributed by atoms with Gasteiger partial charge in [-0.1, -0.05) is 19.4 Å². The number of aliphatic hydroxyl groups excluding tert-OH is 1. The number of Topliss-reactive ketones (excluding diaryl/α,β-unsaturated/α-hetero) is 1. The van der Waals surface area contributed by atoms with Crippen molar-refractivity contribution in [1.29, 1.82) is 0 Å². The summed E-state index contributed by atoms with van der Waals surface area (Å²) in [7, 11) is 3.18. The Morgan fingerprint density at radius 3 is 2.55 bits per heavy atom. The molecule has 0 radical (unpaired) electrons. The van der Waals surface area contributed by atoms with E-state index >= 15 is 0 Å². The fourth-order valence-corrected chi connectivity index (χ4v) is 2.12. The van der Waals surface area contributed by atoms with Crippen molar-refractivity contribution in [2.75, 3.05) is 14.2 Å². The average Bonchev–Trinajstić information content (AvgIpc) is 2.44. The van der Waals surface area contributed by atoms with E-state index < -0.39 is 6.10 Å². The van der Waals surface area contributed by atoms with Crippen LogP contribution in [0.4, 0.5) is 0 Å². The van der Waals surface area contributed by atoms with Gasteiger partial charge < -0.3 is 14.6 Å². The lowest BCUT2D eigenvalue weighted by Gasteiger charge is -2.10. The number of ketones is 1. The molecule has 1 atom stereocenters. The van der Waals surface area contributed by atoms with Gasteiger partial charge in [0, 0.05) is 12.8 Å². The number of aliphatic hydroxyl groups is 1. The van der Waals surface area contributed by atoms with E-state index in [1.807, 2.05) is 25.1 Å². The van der Waals surface area contributed by atoms with Crippen LogP contribution in [0.5, 0.6) is 11.5 Å². The van der Waals surface area contributed by atoms with Crippen LogP contribution in [0, 0.1) is 0 Å². The van der Waals surface area contributed by atoms with Crippen molar-refractivity contribution in [3.8, 4) is 11.5 Å². The Hall–Kier alpha value is -1.55. The normalized spacial score (nSPS) is 12.0. The highest BCUT2D eigenvalue weighted by Gasteiger charge is 2.11. The lowest BCUT2D eigenvalue weighted by Crippen LogP contribution is -2.13. The van der Waals surface area contributed by atoms with E-state index in [2.05, 4.69) is 0 Å². The van der Waals surface area contributed by atoms with Crippen LogP contribution in [0.3, 0.4) is 0 Å². The minimum Gasteiger partial charge on any atom is -0.493 e. The first-order valence-electron chi connectivity index (χ1n) is 7.01. The molecule has 0 saturated heterocycles. The van der Waals surface area contributed by atoms with Crippen molar-refractivity contribution in [3.05, 3.63) is 23.8 Å². The molecule has 0 unspecified atom stereocenters. The Kier molecular flexibility index (Phi) is 7.09. The molecule has 1 N–H and O–H groups in total. The van der Waals surface area contributed by atoms with Crippen LogP contribution in [0.1, 0.15) is 38.2 Å². The summed E-state index contributed by atoms with van der Waals surface area (Å²) in [5.74, 6) is 1.45. The summed E-state index contributed by atoms with van der Waals surface area (Å²) in [4.78, 5) is 11.8. The molecular formula is C16H24O4. The van der Waals surface area contributed by atoms with E-state index in [0.29, 0.717) is 30.8 Å². The predicted molar refractivity (Wildman–Crippen MR) is 78.4 cm³/mol.